The predicted octanol–water partition coefficient (Wildman–Crippen LogP) is 4.85. The molecule has 1 saturated heterocycles. The van der Waals surface area contributed by atoms with Crippen molar-refractivity contribution < 1.29 is 4.79 Å². The average Bonchev–Trinajstić information content (AvgIpc) is 2.65. The predicted molar refractivity (Wildman–Crippen MR) is 113 cm³/mol. The van der Waals surface area contributed by atoms with Gasteiger partial charge < -0.3 is 5.32 Å². The van der Waals surface area contributed by atoms with Crippen molar-refractivity contribution in [3.05, 3.63) is 70.3 Å². The van der Waals surface area contributed by atoms with E-state index in [0.717, 1.165) is 42.0 Å². The number of para-hydroxylation sites is 1. The average molecular weight is 387 g/mol. The van der Waals surface area contributed by atoms with Crippen LogP contribution in [0.3, 0.4) is 0 Å². The number of rotatable bonds is 5. The highest BCUT2D eigenvalue weighted by atomic mass is 35.5. The van der Waals surface area contributed by atoms with Crippen LogP contribution in [0, 0.1) is 6.92 Å². The number of nitrogens with zero attached hydrogens (tertiary/aromatic N) is 1. The molecule has 0 atom stereocenters. The summed E-state index contributed by atoms with van der Waals surface area (Å²) >= 11 is 8.13. The molecule has 1 aliphatic heterocycles. The normalized spacial score (nSPS) is 15.3. The number of hydrogen-bond acceptors (Lipinski definition) is 3. The highest BCUT2D eigenvalue weighted by Crippen LogP contribution is 2.20. The minimum absolute atomic E-state index is 0.136. The summed E-state index contributed by atoms with van der Waals surface area (Å²) < 4.78 is 0. The maximum absolute atomic E-state index is 12.3. The van der Waals surface area contributed by atoms with Gasteiger partial charge in [0.1, 0.15) is 0 Å². The molecular formula is C21H23ClN2OS. The van der Waals surface area contributed by atoms with Gasteiger partial charge in [-0.2, -0.15) is 11.8 Å². The number of nitrogens with one attached hydrogen (secondary N) is 1. The van der Waals surface area contributed by atoms with E-state index in [2.05, 4.69) is 16.3 Å². The molecule has 1 heterocycles. The fourth-order valence-electron chi connectivity index (χ4n) is 2.84. The number of thioether (sulfide) groups is 1. The highest BCUT2D eigenvalue weighted by Gasteiger charge is 2.13. The minimum Gasteiger partial charge on any atom is -0.322 e. The smallest absolute Gasteiger partial charge is 0.248 e. The lowest BCUT2D eigenvalue weighted by atomic mass is 10.1. The Balaban J connectivity index is 1.65. The molecule has 3 nitrogen and oxygen atoms in total. The van der Waals surface area contributed by atoms with E-state index >= 15 is 0 Å². The van der Waals surface area contributed by atoms with Crippen LogP contribution in [-0.2, 0) is 11.3 Å². The summed E-state index contributed by atoms with van der Waals surface area (Å²) in [5, 5.41) is 3.71. The van der Waals surface area contributed by atoms with Crippen LogP contribution in [0.25, 0.3) is 6.08 Å². The number of aryl methyl sites for hydroxylation is 1. The van der Waals surface area contributed by atoms with Crippen LogP contribution >= 0.6 is 23.4 Å². The first-order valence-corrected chi connectivity index (χ1v) is 10.3. The molecule has 0 aromatic heterocycles. The lowest BCUT2D eigenvalue weighted by Crippen LogP contribution is -2.32. The zero-order valence-corrected chi connectivity index (χ0v) is 16.4. The van der Waals surface area contributed by atoms with Gasteiger partial charge in [0.25, 0.3) is 0 Å². The summed E-state index contributed by atoms with van der Waals surface area (Å²) in [5.74, 6) is 2.22. The molecular weight excluding hydrogens is 364 g/mol. The van der Waals surface area contributed by atoms with Gasteiger partial charge in [-0.3, -0.25) is 9.69 Å². The fourth-order valence-corrected chi connectivity index (χ4v) is 4.01. The number of amides is 1. The van der Waals surface area contributed by atoms with Crippen molar-refractivity contribution >= 4 is 41.0 Å². The van der Waals surface area contributed by atoms with Crippen molar-refractivity contribution in [2.45, 2.75) is 13.5 Å². The summed E-state index contributed by atoms with van der Waals surface area (Å²) in [7, 11) is 0. The molecule has 136 valence electrons. The Morgan fingerprint density at radius 1 is 1.23 bits per heavy atom. The van der Waals surface area contributed by atoms with Gasteiger partial charge in [0, 0.05) is 47.9 Å². The number of anilines is 1. The van der Waals surface area contributed by atoms with Gasteiger partial charge in [-0.15, -0.1) is 0 Å². The first-order valence-electron chi connectivity index (χ1n) is 8.75. The van der Waals surface area contributed by atoms with Gasteiger partial charge in [0.15, 0.2) is 0 Å². The topological polar surface area (TPSA) is 32.3 Å². The number of benzene rings is 2. The molecule has 0 saturated carbocycles. The number of halogens is 1. The molecule has 0 unspecified atom stereocenters. The third-order valence-electron chi connectivity index (χ3n) is 4.40. The largest absolute Gasteiger partial charge is 0.322 e. The Morgan fingerprint density at radius 2 is 2.00 bits per heavy atom. The zero-order chi connectivity index (χ0) is 18.4. The van der Waals surface area contributed by atoms with Crippen molar-refractivity contribution in [2.75, 3.05) is 29.9 Å². The molecule has 0 aliphatic carbocycles. The van der Waals surface area contributed by atoms with Crippen molar-refractivity contribution in [3.63, 3.8) is 0 Å². The second-order valence-corrected chi connectivity index (χ2v) is 8.01. The summed E-state index contributed by atoms with van der Waals surface area (Å²) in [5.41, 5.74) is 3.97. The SMILES string of the molecule is Cc1ccc(/C=C/C(=O)Nc2ccccc2CN2CCSCC2)cc1Cl. The van der Waals surface area contributed by atoms with E-state index in [1.165, 1.54) is 11.5 Å². The van der Waals surface area contributed by atoms with Crippen LogP contribution in [-0.4, -0.2) is 35.4 Å². The molecule has 1 amide bonds. The van der Waals surface area contributed by atoms with Gasteiger partial charge in [-0.1, -0.05) is 41.9 Å². The van der Waals surface area contributed by atoms with E-state index in [1.807, 2.05) is 55.1 Å². The standard InChI is InChI=1S/C21H23ClN2OS/c1-16-6-7-17(14-19(16)22)8-9-21(25)23-20-5-3-2-4-18(20)15-24-10-12-26-13-11-24/h2-9,14H,10-13,15H2,1H3,(H,23,25)/b9-8+. The van der Waals surface area contributed by atoms with Crippen LogP contribution in [0.15, 0.2) is 48.5 Å². The maximum atomic E-state index is 12.3. The van der Waals surface area contributed by atoms with Crippen molar-refractivity contribution in [1.82, 2.24) is 4.90 Å². The number of hydrogen-bond donors (Lipinski definition) is 1. The summed E-state index contributed by atoms with van der Waals surface area (Å²) in [6.07, 6.45) is 3.33. The molecule has 2 aromatic carbocycles. The molecule has 26 heavy (non-hydrogen) atoms. The number of carbonyl (C=O) groups excluding carboxylic acids is 1. The van der Waals surface area contributed by atoms with E-state index < -0.39 is 0 Å². The molecule has 0 radical (unpaired) electrons. The van der Waals surface area contributed by atoms with Crippen molar-refractivity contribution in [3.8, 4) is 0 Å². The van der Waals surface area contributed by atoms with Gasteiger partial charge in [-0.25, -0.2) is 0 Å². The second-order valence-electron chi connectivity index (χ2n) is 6.38. The van der Waals surface area contributed by atoms with E-state index in [4.69, 9.17) is 11.6 Å². The van der Waals surface area contributed by atoms with Gasteiger partial charge in [0.2, 0.25) is 5.91 Å². The van der Waals surface area contributed by atoms with E-state index in [9.17, 15) is 4.79 Å². The first kappa shape index (κ1) is 19.0. The lowest BCUT2D eigenvalue weighted by molar-refractivity contribution is -0.111. The van der Waals surface area contributed by atoms with Gasteiger partial charge in [0.05, 0.1) is 0 Å². The highest BCUT2D eigenvalue weighted by molar-refractivity contribution is 7.99. The van der Waals surface area contributed by atoms with Gasteiger partial charge in [-0.05, 0) is 41.8 Å². The summed E-state index contributed by atoms with van der Waals surface area (Å²) in [4.78, 5) is 14.8. The minimum atomic E-state index is -0.136. The Hall–Kier alpha value is -1.75. The van der Waals surface area contributed by atoms with E-state index in [0.29, 0.717) is 5.02 Å². The quantitative estimate of drug-likeness (QED) is 0.745. The molecule has 1 N–H and O–H groups in total. The van der Waals surface area contributed by atoms with Crippen LogP contribution in [0.5, 0.6) is 0 Å². The molecule has 1 aliphatic rings. The summed E-state index contributed by atoms with van der Waals surface area (Å²) in [6, 6.07) is 13.8. The molecule has 3 rings (SSSR count). The zero-order valence-electron chi connectivity index (χ0n) is 14.9. The maximum Gasteiger partial charge on any atom is 0.248 e. The van der Waals surface area contributed by atoms with Crippen LogP contribution in [0.1, 0.15) is 16.7 Å². The van der Waals surface area contributed by atoms with Crippen LogP contribution < -0.4 is 5.32 Å². The Labute approximate surface area is 164 Å². The van der Waals surface area contributed by atoms with Crippen molar-refractivity contribution in [2.24, 2.45) is 0 Å². The molecule has 0 bridgehead atoms. The Kier molecular flexibility index (Phi) is 6.78. The van der Waals surface area contributed by atoms with E-state index in [1.54, 1.807) is 12.2 Å². The first-order chi connectivity index (χ1) is 12.6. The number of carbonyl (C=O) groups is 1. The van der Waals surface area contributed by atoms with Crippen LogP contribution in [0.2, 0.25) is 5.02 Å². The van der Waals surface area contributed by atoms with Crippen molar-refractivity contribution in [1.29, 1.82) is 0 Å². The molecule has 0 spiro atoms. The fraction of sp³-hybridized carbons (Fsp3) is 0.286. The Morgan fingerprint density at radius 3 is 2.77 bits per heavy atom. The molecule has 2 aromatic rings. The molecule has 5 heteroatoms. The lowest BCUT2D eigenvalue weighted by Gasteiger charge is -2.27. The summed E-state index contributed by atoms with van der Waals surface area (Å²) in [6.45, 7) is 5.02. The third kappa shape index (κ3) is 5.37. The third-order valence-corrected chi connectivity index (χ3v) is 5.75. The van der Waals surface area contributed by atoms with Crippen LogP contribution in [0.4, 0.5) is 5.69 Å². The van der Waals surface area contributed by atoms with E-state index in [-0.39, 0.29) is 5.91 Å². The second kappa shape index (κ2) is 9.26. The van der Waals surface area contributed by atoms with Gasteiger partial charge >= 0.3 is 0 Å². The Bertz CT molecular complexity index is 800. The monoisotopic (exact) mass is 386 g/mol. The molecule has 1 fully saturated rings.